The highest BCUT2D eigenvalue weighted by molar-refractivity contribution is 8.00. The highest BCUT2D eigenvalue weighted by Crippen LogP contribution is 2.31. The van der Waals surface area contributed by atoms with Crippen LogP contribution < -0.4 is 5.32 Å². The second-order valence-electron chi connectivity index (χ2n) is 5.64. The van der Waals surface area contributed by atoms with Crippen LogP contribution in [0.25, 0.3) is 0 Å². The second-order valence-corrected chi connectivity index (χ2v) is 6.69. The van der Waals surface area contributed by atoms with Crippen molar-refractivity contribution in [3.63, 3.8) is 0 Å². The molecule has 0 radical (unpaired) electrons. The Morgan fingerprint density at radius 2 is 1.91 bits per heavy atom. The molecule has 0 aliphatic heterocycles. The fraction of sp³-hybridized carbons (Fsp3) is 0.467. The molecular weight excluding hydrogens is 331 g/mol. The van der Waals surface area contributed by atoms with Gasteiger partial charge in [-0.05, 0) is 38.5 Å². The Hall–Kier alpha value is -1.70. The minimum absolute atomic E-state index is 0.0438. The maximum atomic E-state index is 12.6. The van der Waals surface area contributed by atoms with Gasteiger partial charge in [0, 0.05) is 16.9 Å². The number of carboxylic acids is 1. The molecule has 1 aromatic carbocycles. The molecule has 0 spiro atoms. The predicted molar refractivity (Wildman–Crippen MR) is 81.3 cm³/mol. The van der Waals surface area contributed by atoms with Crippen molar-refractivity contribution in [2.45, 2.75) is 43.3 Å². The number of hydrogen-bond acceptors (Lipinski definition) is 3. The minimum Gasteiger partial charge on any atom is -0.481 e. The Morgan fingerprint density at radius 3 is 2.48 bits per heavy atom. The Morgan fingerprint density at radius 1 is 1.26 bits per heavy atom. The van der Waals surface area contributed by atoms with Gasteiger partial charge in [-0.1, -0.05) is 6.07 Å². The fourth-order valence-corrected chi connectivity index (χ4v) is 2.56. The maximum absolute atomic E-state index is 12.6. The quantitative estimate of drug-likeness (QED) is 0.739. The van der Waals surface area contributed by atoms with Crippen molar-refractivity contribution in [3.05, 3.63) is 29.8 Å². The highest BCUT2D eigenvalue weighted by atomic mass is 32.2. The third kappa shape index (κ3) is 7.40. The molecule has 0 bridgehead atoms. The Bertz CT molecular complexity index is 573. The highest BCUT2D eigenvalue weighted by Gasteiger charge is 2.30. The second kappa shape index (κ2) is 7.72. The molecule has 1 rings (SSSR count). The monoisotopic (exact) mass is 349 g/mol. The van der Waals surface area contributed by atoms with Crippen LogP contribution in [0.2, 0.25) is 0 Å². The number of alkyl halides is 3. The zero-order valence-corrected chi connectivity index (χ0v) is 13.6. The van der Waals surface area contributed by atoms with E-state index in [4.69, 9.17) is 5.11 Å². The lowest BCUT2D eigenvalue weighted by molar-refractivity contribution is -0.138. The van der Waals surface area contributed by atoms with Gasteiger partial charge in [-0.2, -0.15) is 13.2 Å². The largest absolute Gasteiger partial charge is 0.481 e. The van der Waals surface area contributed by atoms with Gasteiger partial charge in [-0.15, -0.1) is 11.8 Å². The number of aliphatic carboxylic acids is 1. The van der Waals surface area contributed by atoms with E-state index in [0.29, 0.717) is 4.90 Å². The van der Waals surface area contributed by atoms with E-state index in [1.165, 1.54) is 12.1 Å². The molecule has 0 heterocycles. The first-order valence-corrected chi connectivity index (χ1v) is 7.81. The first-order valence-electron chi connectivity index (χ1n) is 6.82. The molecule has 2 N–H and O–H groups in total. The van der Waals surface area contributed by atoms with Gasteiger partial charge >= 0.3 is 12.1 Å². The van der Waals surface area contributed by atoms with Crippen molar-refractivity contribution in [1.29, 1.82) is 0 Å². The molecule has 0 saturated heterocycles. The summed E-state index contributed by atoms with van der Waals surface area (Å²) in [5, 5.41) is 11.3. The van der Waals surface area contributed by atoms with Crippen LogP contribution in [-0.2, 0) is 15.8 Å². The van der Waals surface area contributed by atoms with Crippen LogP contribution in [0.5, 0.6) is 0 Å². The van der Waals surface area contributed by atoms with Gasteiger partial charge < -0.3 is 10.4 Å². The van der Waals surface area contributed by atoms with Crippen LogP contribution in [0, 0.1) is 0 Å². The summed E-state index contributed by atoms with van der Waals surface area (Å²) in [7, 11) is 0. The molecule has 0 unspecified atom stereocenters. The molecule has 1 amide bonds. The van der Waals surface area contributed by atoms with E-state index in [9.17, 15) is 22.8 Å². The van der Waals surface area contributed by atoms with E-state index in [-0.39, 0.29) is 24.5 Å². The molecule has 0 aromatic heterocycles. The lowest BCUT2D eigenvalue weighted by atomic mass is 9.98. The van der Waals surface area contributed by atoms with E-state index in [1.54, 1.807) is 13.8 Å². The van der Waals surface area contributed by atoms with Crippen LogP contribution in [0.4, 0.5) is 13.2 Å². The summed E-state index contributed by atoms with van der Waals surface area (Å²) < 4.78 is 37.8. The molecule has 0 aliphatic rings. The number of carboxylic acid groups (broad SMARTS) is 1. The number of carbonyl (C=O) groups excluding carboxylic acids is 1. The fourth-order valence-electron chi connectivity index (χ4n) is 1.81. The summed E-state index contributed by atoms with van der Waals surface area (Å²) in [5.74, 6) is -1.36. The lowest BCUT2D eigenvalue weighted by Crippen LogP contribution is -2.44. The van der Waals surface area contributed by atoms with Gasteiger partial charge in [0.25, 0.3) is 0 Å². The molecule has 23 heavy (non-hydrogen) atoms. The van der Waals surface area contributed by atoms with Crippen LogP contribution in [0.3, 0.4) is 0 Å². The van der Waals surface area contributed by atoms with Crippen LogP contribution >= 0.6 is 11.8 Å². The van der Waals surface area contributed by atoms with Crippen LogP contribution in [0.1, 0.15) is 32.3 Å². The molecule has 8 heteroatoms. The Labute approximate surface area is 136 Å². The zero-order valence-electron chi connectivity index (χ0n) is 12.7. The van der Waals surface area contributed by atoms with E-state index in [1.807, 2.05) is 0 Å². The lowest BCUT2D eigenvalue weighted by Gasteiger charge is -2.25. The molecular formula is C15H18F3NO3S. The van der Waals surface area contributed by atoms with Crippen molar-refractivity contribution in [3.8, 4) is 0 Å². The minimum atomic E-state index is -4.42. The number of thioether (sulfide) groups is 1. The molecule has 128 valence electrons. The summed E-state index contributed by atoms with van der Waals surface area (Å²) in [6.45, 7) is 3.39. The molecule has 0 aliphatic carbocycles. The van der Waals surface area contributed by atoms with Crippen molar-refractivity contribution >= 4 is 23.6 Å². The molecule has 0 fully saturated rings. The van der Waals surface area contributed by atoms with E-state index < -0.39 is 23.2 Å². The van der Waals surface area contributed by atoms with Gasteiger partial charge in [0.05, 0.1) is 11.3 Å². The smallest absolute Gasteiger partial charge is 0.416 e. The number of halogens is 3. The predicted octanol–water partition coefficient (Wildman–Crippen LogP) is 3.56. The van der Waals surface area contributed by atoms with Crippen molar-refractivity contribution < 1.29 is 27.9 Å². The van der Waals surface area contributed by atoms with Gasteiger partial charge in [0.15, 0.2) is 0 Å². The maximum Gasteiger partial charge on any atom is 0.416 e. The standard InChI is InChI=1S/C15H18F3NO3S/c1-14(2,7-6-13(21)22)19-12(20)9-23-11-5-3-4-10(8-11)15(16,17)18/h3-5,8H,6-7,9H2,1-2H3,(H,19,20)(H,21,22). The van der Waals surface area contributed by atoms with Gasteiger partial charge in [-0.25, -0.2) is 0 Å². The number of hydrogen-bond donors (Lipinski definition) is 2. The summed E-state index contributed by atoms with van der Waals surface area (Å²) in [6, 6.07) is 4.76. The molecule has 0 saturated carbocycles. The average molecular weight is 349 g/mol. The molecule has 4 nitrogen and oxygen atoms in total. The third-order valence-corrected chi connectivity index (χ3v) is 3.97. The van der Waals surface area contributed by atoms with Crippen LogP contribution in [-0.4, -0.2) is 28.3 Å². The summed E-state index contributed by atoms with van der Waals surface area (Å²) in [5.41, 5.74) is -1.45. The molecule has 1 aromatic rings. The van der Waals surface area contributed by atoms with E-state index >= 15 is 0 Å². The number of rotatable bonds is 7. The van der Waals surface area contributed by atoms with Gasteiger partial charge in [0.1, 0.15) is 0 Å². The van der Waals surface area contributed by atoms with Gasteiger partial charge in [0.2, 0.25) is 5.91 Å². The normalized spacial score (nSPS) is 12.0. The zero-order chi connectivity index (χ0) is 17.7. The van der Waals surface area contributed by atoms with Crippen molar-refractivity contribution in [2.24, 2.45) is 0 Å². The number of amides is 1. The first-order chi connectivity index (χ1) is 10.5. The number of nitrogens with one attached hydrogen (secondary N) is 1. The Balaban J connectivity index is 2.55. The van der Waals surface area contributed by atoms with Crippen molar-refractivity contribution in [2.75, 3.05) is 5.75 Å². The number of benzene rings is 1. The first kappa shape index (κ1) is 19.3. The molecule has 0 atom stereocenters. The van der Waals surface area contributed by atoms with Crippen molar-refractivity contribution in [1.82, 2.24) is 5.32 Å². The van der Waals surface area contributed by atoms with Gasteiger partial charge in [-0.3, -0.25) is 9.59 Å². The number of carbonyl (C=O) groups is 2. The topological polar surface area (TPSA) is 66.4 Å². The Kier molecular flexibility index (Phi) is 6.49. The van der Waals surface area contributed by atoms with E-state index in [2.05, 4.69) is 5.32 Å². The van der Waals surface area contributed by atoms with E-state index in [0.717, 1.165) is 23.9 Å². The average Bonchev–Trinajstić information content (AvgIpc) is 2.42. The summed E-state index contributed by atoms with van der Waals surface area (Å²) >= 11 is 0.996. The third-order valence-electron chi connectivity index (χ3n) is 2.97. The SMILES string of the molecule is CC(C)(CCC(=O)O)NC(=O)CSc1cccc(C(F)(F)F)c1. The van der Waals surface area contributed by atoms with Crippen LogP contribution in [0.15, 0.2) is 29.2 Å². The summed E-state index contributed by atoms with van der Waals surface area (Å²) in [6.07, 6.45) is -4.23. The summed E-state index contributed by atoms with van der Waals surface area (Å²) in [4.78, 5) is 22.7.